The lowest BCUT2D eigenvalue weighted by Gasteiger charge is -2.24. The molecule has 0 aliphatic heterocycles. The van der Waals surface area contributed by atoms with Gasteiger partial charge in [-0.3, -0.25) is 4.79 Å². The Labute approximate surface area is 130 Å². The van der Waals surface area contributed by atoms with E-state index in [0.29, 0.717) is 16.9 Å². The number of hydrogen-bond acceptors (Lipinski definition) is 4. The summed E-state index contributed by atoms with van der Waals surface area (Å²) in [5, 5.41) is 2.46. The highest BCUT2D eigenvalue weighted by atomic mass is 35.7. The highest BCUT2D eigenvalue weighted by Crippen LogP contribution is 2.36. The summed E-state index contributed by atoms with van der Waals surface area (Å²) >= 11 is 0. The summed E-state index contributed by atoms with van der Waals surface area (Å²) in [5.41, 5.74) is 0.795. The molecule has 1 amide bonds. The van der Waals surface area contributed by atoms with Gasteiger partial charge in [-0.1, -0.05) is 20.8 Å². The Kier molecular flexibility index (Phi) is 5.28. The van der Waals surface area contributed by atoms with Gasteiger partial charge < -0.3 is 10.1 Å². The van der Waals surface area contributed by atoms with Crippen LogP contribution in [0.15, 0.2) is 17.0 Å². The first-order valence-electron chi connectivity index (χ1n) is 6.40. The standard InChI is InChI=1S/C14H20ClNO4S/c1-9-6-11(20-8-13(17)16-5)10(14(2,3)4)7-12(9)21(15,18)19/h6-7H,8H2,1-5H3,(H,16,17). The van der Waals surface area contributed by atoms with Crippen LogP contribution in [0.2, 0.25) is 0 Å². The molecule has 1 aromatic carbocycles. The molecule has 0 aliphatic carbocycles. The van der Waals surface area contributed by atoms with Crippen molar-refractivity contribution in [1.29, 1.82) is 0 Å². The fraction of sp³-hybridized carbons (Fsp3) is 0.500. The zero-order chi connectivity index (χ0) is 16.4. The van der Waals surface area contributed by atoms with Crippen LogP contribution in [-0.2, 0) is 19.3 Å². The van der Waals surface area contributed by atoms with Gasteiger partial charge >= 0.3 is 0 Å². The molecule has 0 aliphatic rings. The van der Waals surface area contributed by atoms with Gasteiger partial charge in [-0.15, -0.1) is 0 Å². The summed E-state index contributed by atoms with van der Waals surface area (Å²) in [6.07, 6.45) is 0. The number of carbonyl (C=O) groups is 1. The van der Waals surface area contributed by atoms with Gasteiger partial charge in [0.1, 0.15) is 5.75 Å². The van der Waals surface area contributed by atoms with E-state index < -0.39 is 9.05 Å². The second-order valence-electron chi connectivity index (χ2n) is 5.76. The minimum atomic E-state index is -3.83. The number of carbonyl (C=O) groups excluding carboxylic acids is 1. The molecule has 0 bridgehead atoms. The summed E-state index contributed by atoms with van der Waals surface area (Å²) in [6, 6.07) is 3.11. The van der Waals surface area contributed by atoms with Crippen molar-refractivity contribution in [1.82, 2.24) is 5.32 Å². The highest BCUT2D eigenvalue weighted by Gasteiger charge is 2.24. The smallest absolute Gasteiger partial charge is 0.261 e. The molecule has 0 atom stereocenters. The molecular formula is C14H20ClNO4S. The van der Waals surface area contributed by atoms with Crippen LogP contribution in [0.4, 0.5) is 0 Å². The molecule has 0 saturated heterocycles. The van der Waals surface area contributed by atoms with Gasteiger partial charge in [0, 0.05) is 23.3 Å². The Morgan fingerprint density at radius 3 is 2.33 bits per heavy atom. The van der Waals surface area contributed by atoms with Gasteiger partial charge in [0.05, 0.1) is 4.90 Å². The van der Waals surface area contributed by atoms with Crippen LogP contribution in [0.3, 0.4) is 0 Å². The molecule has 0 saturated carbocycles. The van der Waals surface area contributed by atoms with Crippen LogP contribution < -0.4 is 10.1 Å². The molecule has 0 heterocycles. The van der Waals surface area contributed by atoms with Gasteiger partial charge in [0.2, 0.25) is 0 Å². The van der Waals surface area contributed by atoms with E-state index in [-0.39, 0.29) is 22.8 Å². The molecule has 0 unspecified atom stereocenters. The number of likely N-dealkylation sites (N-methyl/N-ethyl adjacent to an activating group) is 1. The van der Waals surface area contributed by atoms with E-state index in [9.17, 15) is 13.2 Å². The summed E-state index contributed by atoms with van der Waals surface area (Å²) in [6.45, 7) is 7.28. The number of halogens is 1. The molecule has 0 fully saturated rings. The van der Waals surface area contributed by atoms with Crippen molar-refractivity contribution in [2.75, 3.05) is 13.7 Å². The predicted molar refractivity (Wildman–Crippen MR) is 82.5 cm³/mol. The van der Waals surface area contributed by atoms with Gasteiger partial charge in [0.15, 0.2) is 6.61 Å². The van der Waals surface area contributed by atoms with E-state index in [1.165, 1.54) is 13.1 Å². The Bertz CT molecular complexity index is 648. The van der Waals surface area contributed by atoms with Crippen molar-refractivity contribution in [2.24, 2.45) is 0 Å². The predicted octanol–water partition coefficient (Wildman–Crippen LogP) is 2.34. The van der Waals surface area contributed by atoms with E-state index in [1.807, 2.05) is 20.8 Å². The fourth-order valence-corrected chi connectivity index (χ4v) is 3.05. The third kappa shape index (κ3) is 4.61. The maximum Gasteiger partial charge on any atom is 0.261 e. The van der Waals surface area contributed by atoms with Crippen LogP contribution in [0.5, 0.6) is 5.75 Å². The first-order chi connectivity index (χ1) is 9.46. The van der Waals surface area contributed by atoms with Gasteiger partial charge in [0.25, 0.3) is 15.0 Å². The van der Waals surface area contributed by atoms with E-state index >= 15 is 0 Å². The lowest BCUT2D eigenvalue weighted by atomic mass is 9.86. The van der Waals surface area contributed by atoms with E-state index in [0.717, 1.165) is 0 Å². The number of ether oxygens (including phenoxy) is 1. The van der Waals surface area contributed by atoms with Gasteiger partial charge in [-0.05, 0) is 30.0 Å². The molecule has 0 radical (unpaired) electrons. The lowest BCUT2D eigenvalue weighted by molar-refractivity contribution is -0.122. The molecule has 1 N–H and O–H groups in total. The molecule has 1 aromatic rings. The Morgan fingerprint density at radius 1 is 1.33 bits per heavy atom. The van der Waals surface area contributed by atoms with Gasteiger partial charge in [-0.2, -0.15) is 0 Å². The topological polar surface area (TPSA) is 72.5 Å². The van der Waals surface area contributed by atoms with Crippen molar-refractivity contribution in [3.05, 3.63) is 23.3 Å². The third-order valence-corrected chi connectivity index (χ3v) is 4.45. The van der Waals surface area contributed by atoms with Crippen molar-refractivity contribution in [3.8, 4) is 5.75 Å². The molecule has 1 rings (SSSR count). The summed E-state index contributed by atoms with van der Waals surface area (Å²) in [7, 11) is 3.14. The Balaban J connectivity index is 3.37. The first-order valence-corrected chi connectivity index (χ1v) is 8.71. The quantitative estimate of drug-likeness (QED) is 0.858. The minimum absolute atomic E-state index is 0.0568. The minimum Gasteiger partial charge on any atom is -0.483 e. The maximum atomic E-state index is 11.6. The number of rotatable bonds is 4. The van der Waals surface area contributed by atoms with E-state index in [1.54, 1.807) is 13.0 Å². The zero-order valence-corrected chi connectivity index (χ0v) is 14.4. The molecular weight excluding hydrogens is 314 g/mol. The third-order valence-electron chi connectivity index (χ3n) is 2.99. The summed E-state index contributed by atoms with van der Waals surface area (Å²) < 4.78 is 28.7. The second kappa shape index (κ2) is 6.23. The molecule has 0 aromatic heterocycles. The second-order valence-corrected chi connectivity index (χ2v) is 8.30. The van der Waals surface area contributed by atoms with Crippen LogP contribution in [0.1, 0.15) is 31.9 Å². The van der Waals surface area contributed by atoms with Crippen molar-refractivity contribution >= 4 is 25.6 Å². The Morgan fingerprint density at radius 2 is 1.90 bits per heavy atom. The monoisotopic (exact) mass is 333 g/mol. The van der Waals surface area contributed by atoms with Gasteiger partial charge in [-0.25, -0.2) is 8.42 Å². The highest BCUT2D eigenvalue weighted by molar-refractivity contribution is 8.13. The zero-order valence-electron chi connectivity index (χ0n) is 12.8. The summed E-state index contributed by atoms with van der Waals surface area (Å²) in [4.78, 5) is 11.4. The number of aryl methyl sites for hydroxylation is 1. The van der Waals surface area contributed by atoms with Crippen LogP contribution in [-0.4, -0.2) is 28.0 Å². The average molecular weight is 334 g/mol. The number of amides is 1. The molecule has 5 nitrogen and oxygen atoms in total. The van der Waals surface area contributed by atoms with Crippen LogP contribution >= 0.6 is 10.7 Å². The van der Waals surface area contributed by atoms with Crippen molar-refractivity contribution in [2.45, 2.75) is 38.0 Å². The Hall–Kier alpha value is -1.27. The van der Waals surface area contributed by atoms with Crippen molar-refractivity contribution < 1.29 is 17.9 Å². The molecule has 7 heteroatoms. The average Bonchev–Trinajstić information content (AvgIpc) is 2.32. The van der Waals surface area contributed by atoms with E-state index in [4.69, 9.17) is 15.4 Å². The largest absolute Gasteiger partial charge is 0.483 e. The maximum absolute atomic E-state index is 11.6. The first kappa shape index (κ1) is 17.8. The number of nitrogens with one attached hydrogen (secondary N) is 1. The van der Waals surface area contributed by atoms with E-state index in [2.05, 4.69) is 5.32 Å². The number of hydrogen-bond donors (Lipinski definition) is 1. The summed E-state index contributed by atoms with van der Waals surface area (Å²) in [5.74, 6) is 0.217. The number of benzene rings is 1. The lowest BCUT2D eigenvalue weighted by Crippen LogP contribution is -2.26. The van der Waals surface area contributed by atoms with Crippen LogP contribution in [0.25, 0.3) is 0 Å². The molecule has 0 spiro atoms. The van der Waals surface area contributed by atoms with Crippen LogP contribution in [0, 0.1) is 6.92 Å². The SMILES string of the molecule is CNC(=O)COc1cc(C)c(S(=O)(=O)Cl)cc1C(C)(C)C. The fourth-order valence-electron chi connectivity index (χ4n) is 1.85. The van der Waals surface area contributed by atoms with Crippen molar-refractivity contribution in [3.63, 3.8) is 0 Å². The molecule has 21 heavy (non-hydrogen) atoms. The molecule has 118 valence electrons. The normalized spacial score (nSPS) is 12.1.